The molecule has 1 aromatic carbocycles. The van der Waals surface area contributed by atoms with Crippen LogP contribution >= 0.6 is 0 Å². The normalized spacial score (nSPS) is 25.7. The van der Waals surface area contributed by atoms with Gasteiger partial charge in [-0.3, -0.25) is 4.90 Å². The molecule has 1 aliphatic carbocycles. The number of β-amino-alcohol motifs (C(OH)–C–C–N with tert-alkyl or cyclic N) is 1. The van der Waals surface area contributed by atoms with E-state index in [4.69, 9.17) is 4.52 Å². The molecule has 116 valence electrons. The molecular weight excluding hydrogens is 278 g/mol. The highest BCUT2D eigenvalue weighted by Crippen LogP contribution is 2.40. The Morgan fingerprint density at radius 3 is 2.91 bits per heavy atom. The van der Waals surface area contributed by atoms with Gasteiger partial charge in [-0.25, -0.2) is 0 Å². The van der Waals surface area contributed by atoms with E-state index in [1.165, 1.54) is 24.0 Å². The minimum absolute atomic E-state index is 0.0228. The number of aryl methyl sites for hydroxylation is 1. The van der Waals surface area contributed by atoms with Crippen LogP contribution in [0, 0.1) is 6.92 Å². The van der Waals surface area contributed by atoms with Crippen LogP contribution in [0.1, 0.15) is 54.1 Å². The van der Waals surface area contributed by atoms with Crippen molar-refractivity contribution >= 4 is 0 Å². The number of aromatic nitrogens is 2. The van der Waals surface area contributed by atoms with Gasteiger partial charge in [-0.05, 0) is 37.3 Å². The minimum Gasteiger partial charge on any atom is -0.392 e. The van der Waals surface area contributed by atoms with Gasteiger partial charge in [0.05, 0.1) is 12.1 Å². The van der Waals surface area contributed by atoms with Crippen molar-refractivity contribution in [2.24, 2.45) is 0 Å². The summed E-state index contributed by atoms with van der Waals surface area (Å²) in [6.07, 6.45) is 2.67. The van der Waals surface area contributed by atoms with Crippen LogP contribution in [-0.4, -0.2) is 32.8 Å². The fourth-order valence-electron chi connectivity index (χ4n) is 3.21. The molecular formula is C17H21N3O2. The molecule has 0 bridgehead atoms. The van der Waals surface area contributed by atoms with Crippen molar-refractivity contribution in [1.82, 2.24) is 15.0 Å². The maximum Gasteiger partial charge on any atom is 0.244 e. The molecule has 0 radical (unpaired) electrons. The zero-order valence-corrected chi connectivity index (χ0v) is 12.8. The number of aliphatic hydroxyl groups is 1. The second-order valence-corrected chi connectivity index (χ2v) is 6.53. The van der Waals surface area contributed by atoms with E-state index in [0.29, 0.717) is 24.8 Å². The lowest BCUT2D eigenvalue weighted by atomic mass is 10.1. The highest BCUT2D eigenvalue weighted by atomic mass is 16.5. The lowest BCUT2D eigenvalue weighted by Gasteiger charge is -2.22. The van der Waals surface area contributed by atoms with Gasteiger partial charge >= 0.3 is 0 Å². The molecule has 1 aromatic heterocycles. The molecule has 1 saturated heterocycles. The van der Waals surface area contributed by atoms with E-state index in [0.717, 1.165) is 12.4 Å². The van der Waals surface area contributed by atoms with Gasteiger partial charge in [-0.15, -0.1) is 0 Å². The summed E-state index contributed by atoms with van der Waals surface area (Å²) >= 11 is 0. The van der Waals surface area contributed by atoms with Crippen LogP contribution in [0.2, 0.25) is 0 Å². The standard InChI is InChI=1S/C17H21N3O2/c1-11-4-2-3-5-13(11)9-20-10-14(21)8-15(20)17-18-16(19-22-17)12-6-7-12/h2-5,12,14-15,21H,6-10H2,1H3/t14-,15+/m1/s1. The van der Waals surface area contributed by atoms with Crippen LogP contribution in [-0.2, 0) is 6.54 Å². The van der Waals surface area contributed by atoms with E-state index in [1.807, 2.05) is 0 Å². The van der Waals surface area contributed by atoms with E-state index in [1.54, 1.807) is 0 Å². The Labute approximate surface area is 130 Å². The molecule has 5 heteroatoms. The second kappa shape index (κ2) is 5.48. The molecule has 1 aliphatic heterocycles. The van der Waals surface area contributed by atoms with Gasteiger partial charge in [0.1, 0.15) is 0 Å². The average Bonchev–Trinajstić information content (AvgIpc) is 3.12. The van der Waals surface area contributed by atoms with Crippen LogP contribution in [0.3, 0.4) is 0 Å². The summed E-state index contributed by atoms with van der Waals surface area (Å²) < 4.78 is 5.48. The highest BCUT2D eigenvalue weighted by Gasteiger charge is 2.37. The molecule has 1 saturated carbocycles. The smallest absolute Gasteiger partial charge is 0.244 e. The molecule has 2 heterocycles. The Balaban J connectivity index is 1.55. The lowest BCUT2D eigenvalue weighted by molar-refractivity contribution is 0.169. The average molecular weight is 299 g/mol. The Hall–Kier alpha value is -1.72. The maximum atomic E-state index is 10.1. The molecule has 5 nitrogen and oxygen atoms in total. The third-order valence-corrected chi connectivity index (χ3v) is 4.70. The van der Waals surface area contributed by atoms with E-state index in [2.05, 4.69) is 46.2 Å². The molecule has 0 spiro atoms. The van der Waals surface area contributed by atoms with Gasteiger partial charge in [0, 0.05) is 19.0 Å². The van der Waals surface area contributed by atoms with Crippen molar-refractivity contribution in [3.8, 4) is 0 Å². The van der Waals surface area contributed by atoms with E-state index >= 15 is 0 Å². The van der Waals surface area contributed by atoms with E-state index < -0.39 is 0 Å². The van der Waals surface area contributed by atoms with Gasteiger partial charge < -0.3 is 9.63 Å². The number of hydrogen-bond acceptors (Lipinski definition) is 5. The first-order valence-electron chi connectivity index (χ1n) is 8.01. The lowest BCUT2D eigenvalue weighted by Crippen LogP contribution is -2.25. The second-order valence-electron chi connectivity index (χ2n) is 6.53. The summed E-state index contributed by atoms with van der Waals surface area (Å²) in [6, 6.07) is 8.39. The quantitative estimate of drug-likeness (QED) is 0.940. The maximum absolute atomic E-state index is 10.1. The van der Waals surface area contributed by atoms with E-state index in [9.17, 15) is 5.11 Å². The SMILES string of the molecule is Cc1ccccc1CN1C[C@H](O)C[C@H]1c1nc(C2CC2)no1. The minimum atomic E-state index is -0.328. The van der Waals surface area contributed by atoms with Crippen LogP contribution in [0.5, 0.6) is 0 Å². The third kappa shape index (κ3) is 2.66. The van der Waals surface area contributed by atoms with Crippen molar-refractivity contribution in [2.75, 3.05) is 6.54 Å². The Morgan fingerprint density at radius 2 is 2.14 bits per heavy atom. The van der Waals surface area contributed by atoms with Crippen LogP contribution in [0.4, 0.5) is 0 Å². The zero-order valence-electron chi connectivity index (χ0n) is 12.8. The summed E-state index contributed by atoms with van der Waals surface area (Å²) in [5, 5.41) is 14.2. The van der Waals surface area contributed by atoms with Gasteiger partial charge in [0.25, 0.3) is 0 Å². The first kappa shape index (κ1) is 13.9. The molecule has 2 aliphatic rings. The number of benzene rings is 1. The Morgan fingerprint density at radius 1 is 1.32 bits per heavy atom. The molecule has 0 unspecified atom stereocenters. The Bertz CT molecular complexity index is 665. The topological polar surface area (TPSA) is 62.4 Å². The summed E-state index contributed by atoms with van der Waals surface area (Å²) in [5.41, 5.74) is 2.55. The van der Waals surface area contributed by atoms with Crippen molar-refractivity contribution in [2.45, 2.75) is 50.8 Å². The summed E-state index contributed by atoms with van der Waals surface area (Å²) in [5.74, 6) is 1.99. The fourth-order valence-corrected chi connectivity index (χ4v) is 3.21. The predicted octanol–water partition coefficient (Wildman–Crippen LogP) is 2.56. The molecule has 4 rings (SSSR count). The summed E-state index contributed by atoms with van der Waals surface area (Å²) in [7, 11) is 0. The first-order valence-corrected chi connectivity index (χ1v) is 8.01. The number of hydrogen-bond donors (Lipinski definition) is 1. The van der Waals surface area contributed by atoms with E-state index in [-0.39, 0.29) is 12.1 Å². The predicted molar refractivity (Wildman–Crippen MR) is 81.2 cm³/mol. The largest absolute Gasteiger partial charge is 0.392 e. The van der Waals surface area contributed by atoms with Crippen molar-refractivity contribution in [1.29, 1.82) is 0 Å². The monoisotopic (exact) mass is 299 g/mol. The van der Waals surface area contributed by atoms with Crippen molar-refractivity contribution in [3.63, 3.8) is 0 Å². The molecule has 2 atom stereocenters. The molecule has 2 aromatic rings. The van der Waals surface area contributed by atoms with Gasteiger partial charge in [0.2, 0.25) is 5.89 Å². The number of nitrogens with zero attached hydrogens (tertiary/aromatic N) is 3. The molecule has 2 fully saturated rings. The molecule has 0 amide bonds. The number of aliphatic hydroxyl groups excluding tert-OH is 1. The third-order valence-electron chi connectivity index (χ3n) is 4.70. The molecule has 1 N–H and O–H groups in total. The number of likely N-dealkylation sites (tertiary alicyclic amines) is 1. The number of rotatable bonds is 4. The van der Waals surface area contributed by atoms with Gasteiger partial charge in [-0.2, -0.15) is 4.98 Å². The summed E-state index contributed by atoms with van der Waals surface area (Å²) in [6.45, 7) is 3.57. The van der Waals surface area contributed by atoms with Crippen molar-refractivity contribution in [3.05, 3.63) is 47.1 Å². The summed E-state index contributed by atoms with van der Waals surface area (Å²) in [4.78, 5) is 6.82. The Kier molecular flexibility index (Phi) is 3.47. The molecule has 22 heavy (non-hydrogen) atoms. The first-order chi connectivity index (χ1) is 10.7. The highest BCUT2D eigenvalue weighted by molar-refractivity contribution is 5.25. The van der Waals surface area contributed by atoms with Crippen molar-refractivity contribution < 1.29 is 9.63 Å². The fraction of sp³-hybridized carbons (Fsp3) is 0.529. The van der Waals surface area contributed by atoms with Gasteiger partial charge in [-0.1, -0.05) is 29.4 Å². The van der Waals surface area contributed by atoms with Crippen LogP contribution < -0.4 is 0 Å². The zero-order chi connectivity index (χ0) is 15.1. The van der Waals surface area contributed by atoms with Gasteiger partial charge in [0.15, 0.2) is 5.82 Å². The van der Waals surface area contributed by atoms with Crippen LogP contribution in [0.25, 0.3) is 0 Å². The van der Waals surface area contributed by atoms with Crippen LogP contribution in [0.15, 0.2) is 28.8 Å².